The molecule has 1 unspecified atom stereocenters. The van der Waals surface area contributed by atoms with Crippen LogP contribution in [0.25, 0.3) is 0 Å². The van der Waals surface area contributed by atoms with Crippen LogP contribution in [0.3, 0.4) is 0 Å². The van der Waals surface area contributed by atoms with Gasteiger partial charge in [0.15, 0.2) is 5.82 Å². The molecule has 0 aliphatic carbocycles. The van der Waals surface area contributed by atoms with Crippen LogP contribution >= 0.6 is 0 Å². The lowest BCUT2D eigenvalue weighted by Crippen LogP contribution is -2.29. The van der Waals surface area contributed by atoms with E-state index in [1.54, 1.807) is 12.1 Å². The Bertz CT molecular complexity index is 1470. The van der Waals surface area contributed by atoms with Crippen LogP contribution in [0, 0.1) is 5.82 Å². The van der Waals surface area contributed by atoms with Crippen molar-refractivity contribution in [2.45, 2.75) is 18.6 Å². The first-order valence-electron chi connectivity index (χ1n) is 13.3. The van der Waals surface area contributed by atoms with Crippen LogP contribution in [-0.2, 0) is 15.8 Å². The number of nitrogens with one attached hydrogen (secondary N) is 2. The fraction of sp³-hybridized carbons (Fsp3) is 0.345. The van der Waals surface area contributed by atoms with Gasteiger partial charge in [-0.25, -0.2) is 19.4 Å². The number of methoxy groups -OCH3 is 1. The number of amides is 1. The highest BCUT2D eigenvalue weighted by atomic mass is 19.4. The van der Waals surface area contributed by atoms with Gasteiger partial charge >= 0.3 is 6.18 Å². The van der Waals surface area contributed by atoms with Gasteiger partial charge in [-0.3, -0.25) is 9.63 Å². The first kappa shape index (κ1) is 31.5. The minimum atomic E-state index is -4.84. The fourth-order valence-corrected chi connectivity index (χ4v) is 4.58. The molecule has 1 atom stereocenters. The number of halogens is 4. The van der Waals surface area contributed by atoms with E-state index in [2.05, 4.69) is 27.2 Å². The van der Waals surface area contributed by atoms with Crippen molar-refractivity contribution in [3.63, 3.8) is 0 Å². The van der Waals surface area contributed by atoms with E-state index in [-0.39, 0.29) is 30.2 Å². The molecule has 14 heteroatoms. The second kappa shape index (κ2) is 13.3. The minimum absolute atomic E-state index is 0.149. The molecule has 1 fully saturated rings. The summed E-state index contributed by atoms with van der Waals surface area (Å²) in [5, 5.41) is 7.25. The van der Waals surface area contributed by atoms with E-state index in [0.717, 1.165) is 12.6 Å². The molecule has 2 aromatic carbocycles. The summed E-state index contributed by atoms with van der Waals surface area (Å²) in [5.74, 6) is -0.809. The molecule has 2 N–H and O–H groups in total. The summed E-state index contributed by atoms with van der Waals surface area (Å²) < 4.78 is 60.7. The smallest absolute Gasteiger partial charge is 0.419 e. The number of nitrogens with zero attached hydrogens (tertiary/aromatic N) is 5. The number of hydroxylamine groups is 1. The highest BCUT2D eigenvalue weighted by molar-refractivity contribution is 6.02. The molecule has 43 heavy (non-hydrogen) atoms. The van der Waals surface area contributed by atoms with Gasteiger partial charge in [-0.05, 0) is 32.3 Å². The number of aromatic nitrogens is 2. The van der Waals surface area contributed by atoms with Gasteiger partial charge in [0.1, 0.15) is 23.7 Å². The van der Waals surface area contributed by atoms with Crippen molar-refractivity contribution in [2.24, 2.45) is 0 Å². The van der Waals surface area contributed by atoms with E-state index >= 15 is 0 Å². The summed E-state index contributed by atoms with van der Waals surface area (Å²) in [7, 11) is 7.32. The van der Waals surface area contributed by atoms with Crippen LogP contribution in [0.5, 0.6) is 5.75 Å². The number of ether oxygens (including phenoxy) is 1. The third-order valence-corrected chi connectivity index (χ3v) is 6.79. The first-order chi connectivity index (χ1) is 20.4. The maximum atomic E-state index is 15.0. The summed E-state index contributed by atoms with van der Waals surface area (Å²) in [4.78, 5) is 30.4. The predicted octanol–water partition coefficient (Wildman–Crippen LogP) is 5.39. The highest BCUT2D eigenvalue weighted by Crippen LogP contribution is 2.41. The molecule has 1 aromatic heterocycles. The molecular weight excluding hydrogens is 570 g/mol. The van der Waals surface area contributed by atoms with Gasteiger partial charge < -0.3 is 25.2 Å². The summed E-state index contributed by atoms with van der Waals surface area (Å²) in [6.45, 7) is 5.11. The zero-order chi connectivity index (χ0) is 31.3. The third kappa shape index (κ3) is 7.32. The SMILES string of the molecule is C=CC(=O)Nc1cc(Nc2cc(N3OCCC3c3cccc(C(F)(F)F)c3F)ncn2)c(OC)cc1N(C)CCN(C)C. The molecule has 0 bridgehead atoms. The molecule has 1 aliphatic rings. The van der Waals surface area contributed by atoms with Crippen molar-refractivity contribution in [1.82, 2.24) is 14.9 Å². The third-order valence-electron chi connectivity index (χ3n) is 6.79. The number of carbonyl (C=O) groups is 1. The van der Waals surface area contributed by atoms with Crippen molar-refractivity contribution in [3.8, 4) is 5.75 Å². The Morgan fingerprint density at radius 1 is 1.19 bits per heavy atom. The highest BCUT2D eigenvalue weighted by Gasteiger charge is 2.38. The first-order valence-corrected chi connectivity index (χ1v) is 13.3. The number of anilines is 5. The van der Waals surface area contributed by atoms with E-state index in [9.17, 15) is 22.4 Å². The number of rotatable bonds is 11. The number of hydrogen-bond acceptors (Lipinski definition) is 9. The average Bonchev–Trinajstić information content (AvgIpc) is 3.45. The number of benzene rings is 2. The van der Waals surface area contributed by atoms with Gasteiger partial charge in [-0.15, -0.1) is 0 Å². The van der Waals surface area contributed by atoms with E-state index < -0.39 is 29.5 Å². The maximum Gasteiger partial charge on any atom is 0.419 e. The van der Waals surface area contributed by atoms with Gasteiger partial charge in [-0.2, -0.15) is 13.2 Å². The lowest BCUT2D eigenvalue weighted by Gasteiger charge is -2.26. The minimum Gasteiger partial charge on any atom is -0.494 e. The summed E-state index contributed by atoms with van der Waals surface area (Å²) in [5.41, 5.74) is 0.160. The maximum absolute atomic E-state index is 15.0. The molecule has 1 saturated heterocycles. The molecule has 10 nitrogen and oxygen atoms in total. The molecule has 1 aliphatic heterocycles. The Morgan fingerprint density at radius 3 is 2.63 bits per heavy atom. The zero-order valence-electron chi connectivity index (χ0n) is 24.2. The monoisotopic (exact) mass is 603 g/mol. The molecule has 0 saturated carbocycles. The van der Waals surface area contributed by atoms with Crippen molar-refractivity contribution in [1.29, 1.82) is 0 Å². The fourth-order valence-electron chi connectivity index (χ4n) is 4.58. The normalized spacial score (nSPS) is 15.0. The molecule has 1 amide bonds. The predicted molar refractivity (Wildman–Crippen MR) is 156 cm³/mol. The van der Waals surface area contributed by atoms with Gasteiger partial charge in [-0.1, -0.05) is 18.7 Å². The van der Waals surface area contributed by atoms with Crippen molar-refractivity contribution >= 4 is 34.6 Å². The van der Waals surface area contributed by atoms with E-state index in [0.29, 0.717) is 35.4 Å². The Labute approximate surface area is 246 Å². The number of alkyl halides is 3. The van der Waals surface area contributed by atoms with Crippen LogP contribution in [0.1, 0.15) is 23.6 Å². The summed E-state index contributed by atoms with van der Waals surface area (Å²) >= 11 is 0. The van der Waals surface area contributed by atoms with Crippen molar-refractivity contribution in [2.75, 3.05) is 68.5 Å². The lowest BCUT2D eigenvalue weighted by molar-refractivity contribution is -0.140. The van der Waals surface area contributed by atoms with Crippen molar-refractivity contribution < 1.29 is 31.9 Å². The number of likely N-dealkylation sites (N-methyl/N-ethyl adjacent to an activating group) is 2. The van der Waals surface area contributed by atoms with Crippen LogP contribution in [0.15, 0.2) is 55.4 Å². The van der Waals surface area contributed by atoms with Gasteiger partial charge in [0.05, 0.1) is 42.4 Å². The van der Waals surface area contributed by atoms with E-state index in [1.807, 2.05) is 30.9 Å². The Morgan fingerprint density at radius 2 is 1.95 bits per heavy atom. The van der Waals surface area contributed by atoms with Crippen molar-refractivity contribution in [3.05, 3.63) is 72.3 Å². The van der Waals surface area contributed by atoms with Crippen LogP contribution in [-0.4, -0.2) is 68.7 Å². The topological polar surface area (TPSA) is 95.1 Å². The summed E-state index contributed by atoms with van der Waals surface area (Å²) in [6, 6.07) is 7.31. The van der Waals surface area contributed by atoms with Gasteiger partial charge in [0, 0.05) is 44.3 Å². The van der Waals surface area contributed by atoms with Crippen LogP contribution in [0.2, 0.25) is 0 Å². The van der Waals surface area contributed by atoms with Gasteiger partial charge in [0.25, 0.3) is 0 Å². The Balaban J connectivity index is 1.66. The summed E-state index contributed by atoms with van der Waals surface area (Å²) in [6.07, 6.45) is -2.18. The number of hydrogen-bond donors (Lipinski definition) is 2. The average molecular weight is 604 g/mol. The Hall–Kier alpha value is -4.43. The Kier molecular flexibility index (Phi) is 9.71. The second-order valence-electron chi connectivity index (χ2n) is 10.0. The van der Waals surface area contributed by atoms with Gasteiger partial charge in [0.2, 0.25) is 5.91 Å². The second-order valence-corrected chi connectivity index (χ2v) is 10.0. The molecule has 0 spiro atoms. The lowest BCUT2D eigenvalue weighted by atomic mass is 10.0. The molecule has 3 aromatic rings. The molecule has 2 heterocycles. The quantitative estimate of drug-likeness (QED) is 0.221. The largest absolute Gasteiger partial charge is 0.494 e. The molecule has 230 valence electrons. The standard InChI is InChI=1S/C29H33F4N7O3/c1-6-27(41)37-20-14-21(24(42-5)15-23(20)39(4)12-11-38(2)3)36-25-16-26(35-17-34-25)40-22(10-13-43-40)18-8-7-9-19(28(18)30)29(31,32)33/h6-9,14-17,22H,1,10-13H2,2-5H3,(H,37,41)(H,34,35,36). The van der Waals surface area contributed by atoms with E-state index in [1.165, 1.54) is 36.7 Å². The zero-order valence-corrected chi connectivity index (χ0v) is 24.2. The molecule has 4 rings (SSSR count). The number of carbonyl (C=O) groups excluding carboxylic acids is 1. The van der Waals surface area contributed by atoms with E-state index in [4.69, 9.17) is 9.57 Å². The molecule has 0 radical (unpaired) electrons. The van der Waals surface area contributed by atoms with Crippen LogP contribution in [0.4, 0.5) is 46.3 Å². The van der Waals surface area contributed by atoms with Crippen LogP contribution < -0.4 is 25.3 Å². The molecular formula is C29H33F4N7O3.